The Balaban J connectivity index is 2.39. The van der Waals surface area contributed by atoms with Crippen molar-refractivity contribution in [2.45, 2.75) is 25.8 Å². The number of nitrogens with zero attached hydrogens (tertiary/aromatic N) is 1. The van der Waals surface area contributed by atoms with Crippen LogP contribution < -0.4 is 4.90 Å². The molecule has 1 aromatic carbocycles. The summed E-state index contributed by atoms with van der Waals surface area (Å²) in [5.41, 5.74) is 1.43. The maximum absolute atomic E-state index is 11.7. The summed E-state index contributed by atoms with van der Waals surface area (Å²) in [7, 11) is 0. The summed E-state index contributed by atoms with van der Waals surface area (Å²) in [6.45, 7) is 1.82. The highest BCUT2D eigenvalue weighted by Gasteiger charge is 2.37. The maximum atomic E-state index is 11.7. The van der Waals surface area contributed by atoms with Crippen LogP contribution in [0.2, 0.25) is 5.02 Å². The average molecular weight is 254 g/mol. The van der Waals surface area contributed by atoms with Crippen molar-refractivity contribution in [1.29, 1.82) is 0 Å². The Morgan fingerprint density at radius 1 is 1.53 bits per heavy atom. The fourth-order valence-electron chi connectivity index (χ4n) is 2.02. The van der Waals surface area contributed by atoms with Gasteiger partial charge >= 0.3 is 5.97 Å². The molecule has 0 spiro atoms. The minimum Gasteiger partial charge on any atom is -0.480 e. The lowest BCUT2D eigenvalue weighted by Crippen LogP contribution is -2.38. The molecule has 1 amide bonds. The fourth-order valence-corrected chi connectivity index (χ4v) is 2.14. The number of carboxylic acids is 1. The molecule has 0 aliphatic carbocycles. The van der Waals surface area contributed by atoms with Crippen LogP contribution in [0, 0.1) is 6.92 Å². The number of carboxylic acid groups (broad SMARTS) is 1. The van der Waals surface area contributed by atoms with Crippen molar-refractivity contribution in [3.8, 4) is 0 Å². The Morgan fingerprint density at radius 3 is 2.82 bits per heavy atom. The molecule has 1 aliphatic heterocycles. The van der Waals surface area contributed by atoms with Gasteiger partial charge in [-0.2, -0.15) is 0 Å². The second kappa shape index (κ2) is 4.37. The molecular formula is C12H12ClNO3. The zero-order valence-electron chi connectivity index (χ0n) is 9.31. The van der Waals surface area contributed by atoms with Gasteiger partial charge in [-0.1, -0.05) is 11.6 Å². The summed E-state index contributed by atoms with van der Waals surface area (Å²) in [4.78, 5) is 24.1. The van der Waals surface area contributed by atoms with Gasteiger partial charge in [0, 0.05) is 17.1 Å². The summed E-state index contributed by atoms with van der Waals surface area (Å²) in [6, 6.07) is 4.33. The molecule has 1 saturated heterocycles. The van der Waals surface area contributed by atoms with Crippen molar-refractivity contribution in [1.82, 2.24) is 0 Å². The molecule has 0 unspecified atom stereocenters. The quantitative estimate of drug-likeness (QED) is 0.879. The second-order valence-electron chi connectivity index (χ2n) is 4.09. The van der Waals surface area contributed by atoms with E-state index in [-0.39, 0.29) is 12.3 Å². The summed E-state index contributed by atoms with van der Waals surface area (Å²) in [5.74, 6) is -1.12. The van der Waals surface area contributed by atoms with E-state index in [4.69, 9.17) is 16.7 Å². The van der Waals surface area contributed by atoms with Crippen molar-refractivity contribution >= 4 is 29.2 Å². The number of rotatable bonds is 2. The third-order valence-corrected chi connectivity index (χ3v) is 3.34. The van der Waals surface area contributed by atoms with E-state index in [1.807, 2.05) is 6.92 Å². The van der Waals surface area contributed by atoms with Crippen LogP contribution in [0.3, 0.4) is 0 Å². The van der Waals surface area contributed by atoms with Crippen molar-refractivity contribution in [2.75, 3.05) is 4.90 Å². The van der Waals surface area contributed by atoms with Gasteiger partial charge in [0.1, 0.15) is 6.04 Å². The maximum Gasteiger partial charge on any atom is 0.326 e. The Labute approximate surface area is 104 Å². The minimum absolute atomic E-state index is 0.154. The number of hydrogen-bond acceptors (Lipinski definition) is 2. The molecule has 17 heavy (non-hydrogen) atoms. The topological polar surface area (TPSA) is 57.6 Å². The number of aryl methyl sites for hydroxylation is 1. The van der Waals surface area contributed by atoms with Gasteiger partial charge in [0.15, 0.2) is 0 Å². The average Bonchev–Trinajstić information content (AvgIpc) is 2.64. The zero-order valence-corrected chi connectivity index (χ0v) is 10.1. The van der Waals surface area contributed by atoms with E-state index < -0.39 is 12.0 Å². The van der Waals surface area contributed by atoms with Crippen LogP contribution in [0.25, 0.3) is 0 Å². The number of anilines is 1. The smallest absolute Gasteiger partial charge is 0.326 e. The molecule has 1 N–H and O–H groups in total. The molecule has 0 radical (unpaired) electrons. The van der Waals surface area contributed by atoms with E-state index in [1.54, 1.807) is 18.2 Å². The predicted molar refractivity (Wildman–Crippen MR) is 64.3 cm³/mol. The third-order valence-electron chi connectivity index (χ3n) is 2.92. The molecular weight excluding hydrogens is 242 g/mol. The minimum atomic E-state index is -0.969. The largest absolute Gasteiger partial charge is 0.480 e. The molecule has 0 aromatic heterocycles. The summed E-state index contributed by atoms with van der Waals surface area (Å²) >= 11 is 5.90. The van der Waals surface area contributed by atoms with E-state index in [0.717, 1.165) is 5.56 Å². The lowest BCUT2D eigenvalue weighted by atomic mass is 10.2. The first kappa shape index (κ1) is 11.9. The van der Waals surface area contributed by atoms with Gasteiger partial charge < -0.3 is 5.11 Å². The SMILES string of the molecule is Cc1cc(N2C(=O)CC[C@H]2C(=O)O)ccc1Cl. The standard InChI is InChI=1S/C12H12ClNO3/c1-7-6-8(2-3-9(7)13)14-10(12(16)17)4-5-11(14)15/h2-3,6,10H,4-5H2,1H3,(H,16,17)/t10-/m0/s1. The highest BCUT2D eigenvalue weighted by Crippen LogP contribution is 2.29. The molecule has 1 aromatic rings. The molecule has 1 aliphatic rings. The number of carbonyl (C=O) groups excluding carboxylic acids is 1. The van der Waals surface area contributed by atoms with E-state index in [1.165, 1.54) is 4.90 Å². The normalized spacial score (nSPS) is 19.8. The number of carbonyl (C=O) groups is 2. The molecule has 0 bridgehead atoms. The van der Waals surface area contributed by atoms with Gasteiger partial charge in [-0.25, -0.2) is 4.79 Å². The van der Waals surface area contributed by atoms with Gasteiger partial charge in [-0.3, -0.25) is 9.69 Å². The number of hydrogen-bond donors (Lipinski definition) is 1. The van der Waals surface area contributed by atoms with Crippen LogP contribution in [-0.2, 0) is 9.59 Å². The number of halogens is 1. The summed E-state index contributed by atoms with van der Waals surface area (Å²) in [6.07, 6.45) is 0.633. The van der Waals surface area contributed by atoms with Crippen LogP contribution in [0.4, 0.5) is 5.69 Å². The molecule has 4 nitrogen and oxygen atoms in total. The summed E-state index contributed by atoms with van der Waals surface area (Å²) in [5, 5.41) is 9.67. The zero-order chi connectivity index (χ0) is 12.6. The molecule has 1 atom stereocenters. The van der Waals surface area contributed by atoms with Crippen LogP contribution >= 0.6 is 11.6 Å². The predicted octanol–water partition coefficient (Wildman–Crippen LogP) is 2.23. The molecule has 1 fully saturated rings. The second-order valence-corrected chi connectivity index (χ2v) is 4.50. The third kappa shape index (κ3) is 2.13. The van der Waals surface area contributed by atoms with Crippen LogP contribution in [-0.4, -0.2) is 23.0 Å². The van der Waals surface area contributed by atoms with Crippen LogP contribution in [0.5, 0.6) is 0 Å². The number of aliphatic carboxylic acids is 1. The van der Waals surface area contributed by atoms with E-state index in [2.05, 4.69) is 0 Å². The Morgan fingerprint density at radius 2 is 2.24 bits per heavy atom. The van der Waals surface area contributed by atoms with Gasteiger partial charge in [-0.05, 0) is 37.1 Å². The van der Waals surface area contributed by atoms with Crippen molar-refractivity contribution in [2.24, 2.45) is 0 Å². The molecule has 2 rings (SSSR count). The Kier molecular flexibility index (Phi) is 3.07. The number of benzene rings is 1. The molecule has 5 heteroatoms. The monoisotopic (exact) mass is 253 g/mol. The highest BCUT2D eigenvalue weighted by molar-refractivity contribution is 6.31. The van der Waals surface area contributed by atoms with Gasteiger partial charge in [-0.15, -0.1) is 0 Å². The van der Waals surface area contributed by atoms with E-state index in [9.17, 15) is 9.59 Å². The molecule has 90 valence electrons. The van der Waals surface area contributed by atoms with Crippen molar-refractivity contribution in [3.05, 3.63) is 28.8 Å². The van der Waals surface area contributed by atoms with Gasteiger partial charge in [0.2, 0.25) is 5.91 Å². The first-order valence-corrected chi connectivity index (χ1v) is 5.69. The van der Waals surface area contributed by atoms with Crippen LogP contribution in [0.1, 0.15) is 18.4 Å². The molecule has 1 heterocycles. The Hall–Kier alpha value is -1.55. The van der Waals surface area contributed by atoms with Gasteiger partial charge in [0.25, 0.3) is 0 Å². The van der Waals surface area contributed by atoms with E-state index >= 15 is 0 Å². The number of amides is 1. The first-order valence-electron chi connectivity index (χ1n) is 5.31. The Bertz CT molecular complexity index is 487. The van der Waals surface area contributed by atoms with Crippen molar-refractivity contribution < 1.29 is 14.7 Å². The van der Waals surface area contributed by atoms with Gasteiger partial charge in [0.05, 0.1) is 0 Å². The first-order chi connectivity index (χ1) is 8.00. The van der Waals surface area contributed by atoms with E-state index in [0.29, 0.717) is 17.1 Å². The lowest BCUT2D eigenvalue weighted by molar-refractivity contribution is -0.138. The lowest BCUT2D eigenvalue weighted by Gasteiger charge is -2.22. The summed E-state index contributed by atoms with van der Waals surface area (Å²) < 4.78 is 0. The van der Waals surface area contributed by atoms with Crippen molar-refractivity contribution in [3.63, 3.8) is 0 Å². The fraction of sp³-hybridized carbons (Fsp3) is 0.333. The molecule has 0 saturated carbocycles. The van der Waals surface area contributed by atoms with Crippen LogP contribution in [0.15, 0.2) is 18.2 Å². The highest BCUT2D eigenvalue weighted by atomic mass is 35.5.